The second kappa shape index (κ2) is 3.16. The van der Waals surface area contributed by atoms with E-state index in [1.807, 2.05) is 41.1 Å². The van der Waals surface area contributed by atoms with Crippen LogP contribution in [0.25, 0.3) is 16.7 Å². The number of fused-ring (bicyclic) bond motifs is 1. The maximum Gasteiger partial charge on any atom is 0.249 e. The van der Waals surface area contributed by atoms with Crippen LogP contribution in [0.3, 0.4) is 0 Å². The van der Waals surface area contributed by atoms with Crippen LogP contribution < -0.4 is 4.68 Å². The van der Waals surface area contributed by atoms with Gasteiger partial charge in [-0.25, -0.2) is 0 Å². The summed E-state index contributed by atoms with van der Waals surface area (Å²) in [5, 5.41) is 7.18. The van der Waals surface area contributed by atoms with Gasteiger partial charge in [0.05, 0.1) is 0 Å². The van der Waals surface area contributed by atoms with Crippen molar-refractivity contribution in [3.05, 3.63) is 48.8 Å². The van der Waals surface area contributed by atoms with Gasteiger partial charge in [-0.3, -0.25) is 4.98 Å². The summed E-state index contributed by atoms with van der Waals surface area (Å²) in [6, 6.07) is 11.8. The molecule has 0 saturated heterocycles. The van der Waals surface area contributed by atoms with Gasteiger partial charge >= 0.3 is 0 Å². The van der Waals surface area contributed by atoms with Crippen molar-refractivity contribution in [2.24, 2.45) is 0 Å². The average molecular weight is 197 g/mol. The van der Waals surface area contributed by atoms with Gasteiger partial charge in [-0.2, -0.15) is 0 Å². The first-order valence-electron chi connectivity index (χ1n) is 4.71. The standard InChI is InChI=1S/C11H8N4/c1-2-4-11-10(3-1)13-14-15(11)9-5-7-12-8-6-9/h1-8H/p+1. The molecule has 1 N–H and O–H groups in total. The van der Waals surface area contributed by atoms with E-state index in [1.165, 1.54) is 0 Å². The fourth-order valence-corrected chi connectivity index (χ4v) is 1.60. The van der Waals surface area contributed by atoms with Crippen molar-refractivity contribution in [2.45, 2.75) is 0 Å². The molecular formula is C11H9N4+. The largest absolute Gasteiger partial charge is 0.264 e. The SMILES string of the molecule is c1ccc2c(c1)n[nH][n+]2-c1ccncc1. The van der Waals surface area contributed by atoms with Crippen molar-refractivity contribution in [1.82, 2.24) is 15.3 Å². The number of pyridine rings is 1. The minimum absolute atomic E-state index is 0.953. The van der Waals surface area contributed by atoms with Gasteiger partial charge in [0.15, 0.2) is 5.69 Å². The van der Waals surface area contributed by atoms with E-state index in [-0.39, 0.29) is 0 Å². The molecule has 0 radical (unpaired) electrons. The monoisotopic (exact) mass is 197 g/mol. The van der Waals surface area contributed by atoms with Crippen LogP contribution in [-0.2, 0) is 0 Å². The fourth-order valence-electron chi connectivity index (χ4n) is 1.60. The van der Waals surface area contributed by atoms with E-state index in [9.17, 15) is 0 Å². The Bertz CT molecular complexity index is 586. The fraction of sp³-hybridized carbons (Fsp3) is 0. The molecule has 0 saturated carbocycles. The van der Waals surface area contributed by atoms with Gasteiger partial charge in [0.25, 0.3) is 0 Å². The van der Waals surface area contributed by atoms with Gasteiger partial charge in [0.2, 0.25) is 11.0 Å². The summed E-state index contributed by atoms with van der Waals surface area (Å²) in [5.41, 5.74) is 3.04. The van der Waals surface area contributed by atoms with Gasteiger partial charge in [0, 0.05) is 29.6 Å². The average Bonchev–Trinajstić information content (AvgIpc) is 2.74. The topological polar surface area (TPSA) is 45.5 Å². The van der Waals surface area contributed by atoms with E-state index in [0.717, 1.165) is 16.7 Å². The van der Waals surface area contributed by atoms with Crippen molar-refractivity contribution in [3.63, 3.8) is 0 Å². The number of hydrogen-bond donors (Lipinski definition) is 1. The highest BCUT2D eigenvalue weighted by atomic mass is 15.4. The lowest BCUT2D eigenvalue weighted by atomic mass is 10.3. The summed E-state index contributed by atoms with van der Waals surface area (Å²) in [4.78, 5) is 3.99. The first-order chi connectivity index (χ1) is 7.45. The molecule has 4 heteroatoms. The number of rotatable bonds is 1. The molecule has 3 rings (SSSR count). The zero-order chi connectivity index (χ0) is 10.1. The smallest absolute Gasteiger partial charge is 0.249 e. The number of H-pyrrole nitrogens is 1. The third-order valence-electron chi connectivity index (χ3n) is 2.31. The maximum absolute atomic E-state index is 4.21. The highest BCUT2D eigenvalue weighted by molar-refractivity contribution is 5.70. The van der Waals surface area contributed by atoms with Gasteiger partial charge in [-0.05, 0) is 12.1 Å². The second-order valence-electron chi connectivity index (χ2n) is 3.24. The number of nitrogens with zero attached hydrogens (tertiary/aromatic N) is 3. The molecule has 0 aliphatic rings. The summed E-state index contributed by atoms with van der Waals surface area (Å²) >= 11 is 0. The summed E-state index contributed by atoms with van der Waals surface area (Å²) in [6.45, 7) is 0. The molecule has 72 valence electrons. The van der Waals surface area contributed by atoms with Crippen molar-refractivity contribution < 1.29 is 4.68 Å². The lowest BCUT2D eigenvalue weighted by Gasteiger charge is -1.93. The molecule has 0 aliphatic carbocycles. The summed E-state index contributed by atoms with van der Waals surface area (Å²) in [5.74, 6) is 0. The molecule has 0 spiro atoms. The molecule has 2 heterocycles. The molecule has 0 amide bonds. The van der Waals surface area contributed by atoms with E-state index >= 15 is 0 Å². The summed E-state index contributed by atoms with van der Waals surface area (Å²) in [6.07, 6.45) is 3.52. The number of aromatic nitrogens is 4. The predicted octanol–water partition coefficient (Wildman–Crippen LogP) is 1.23. The Morgan fingerprint density at radius 2 is 1.80 bits per heavy atom. The highest BCUT2D eigenvalue weighted by Crippen LogP contribution is 2.06. The van der Waals surface area contributed by atoms with E-state index in [1.54, 1.807) is 12.4 Å². The number of nitrogens with one attached hydrogen (secondary N) is 1. The molecule has 3 aromatic rings. The molecule has 0 fully saturated rings. The van der Waals surface area contributed by atoms with E-state index in [4.69, 9.17) is 0 Å². The third-order valence-corrected chi connectivity index (χ3v) is 2.31. The second-order valence-corrected chi connectivity index (χ2v) is 3.24. The first kappa shape index (κ1) is 8.11. The van der Waals surface area contributed by atoms with E-state index in [2.05, 4.69) is 15.3 Å². The van der Waals surface area contributed by atoms with Crippen LogP contribution in [0.2, 0.25) is 0 Å². The van der Waals surface area contributed by atoms with Gasteiger partial charge in [-0.1, -0.05) is 17.3 Å². The van der Waals surface area contributed by atoms with Crippen LogP contribution in [-0.4, -0.2) is 15.3 Å². The Balaban J connectivity index is 2.28. The Morgan fingerprint density at radius 1 is 1.00 bits per heavy atom. The molecule has 0 bridgehead atoms. The Kier molecular flexibility index (Phi) is 1.71. The minimum Gasteiger partial charge on any atom is -0.264 e. The predicted molar refractivity (Wildman–Crippen MR) is 55.4 cm³/mol. The highest BCUT2D eigenvalue weighted by Gasteiger charge is 2.12. The molecule has 1 aromatic carbocycles. The minimum atomic E-state index is 0.953. The number of hydrogen-bond acceptors (Lipinski definition) is 2. The van der Waals surface area contributed by atoms with Gasteiger partial charge in [0.1, 0.15) is 0 Å². The van der Waals surface area contributed by atoms with Gasteiger partial charge < -0.3 is 0 Å². The van der Waals surface area contributed by atoms with E-state index < -0.39 is 0 Å². The molecule has 2 aromatic heterocycles. The quantitative estimate of drug-likeness (QED) is 0.596. The lowest BCUT2D eigenvalue weighted by Crippen LogP contribution is -2.32. The molecule has 15 heavy (non-hydrogen) atoms. The van der Waals surface area contributed by atoms with Crippen LogP contribution in [0.15, 0.2) is 48.8 Å². The Labute approximate surface area is 86.2 Å². The van der Waals surface area contributed by atoms with E-state index in [0.29, 0.717) is 0 Å². The molecule has 0 aliphatic heterocycles. The molecular weight excluding hydrogens is 188 g/mol. The molecule has 0 unspecified atom stereocenters. The lowest BCUT2D eigenvalue weighted by molar-refractivity contribution is -0.634. The Morgan fingerprint density at radius 3 is 2.67 bits per heavy atom. The zero-order valence-electron chi connectivity index (χ0n) is 7.96. The van der Waals surface area contributed by atoms with Crippen LogP contribution in [0.4, 0.5) is 0 Å². The van der Waals surface area contributed by atoms with Gasteiger partial charge in [-0.15, -0.1) is 4.68 Å². The van der Waals surface area contributed by atoms with Crippen molar-refractivity contribution >= 4 is 11.0 Å². The summed E-state index contributed by atoms with van der Waals surface area (Å²) < 4.78 is 1.93. The normalized spacial score (nSPS) is 10.7. The maximum atomic E-state index is 4.21. The Hall–Kier alpha value is -2.23. The number of para-hydroxylation sites is 2. The van der Waals surface area contributed by atoms with Crippen LogP contribution in [0.1, 0.15) is 0 Å². The summed E-state index contributed by atoms with van der Waals surface area (Å²) in [7, 11) is 0. The van der Waals surface area contributed by atoms with Crippen LogP contribution in [0.5, 0.6) is 0 Å². The van der Waals surface area contributed by atoms with Crippen molar-refractivity contribution in [2.75, 3.05) is 0 Å². The first-order valence-corrected chi connectivity index (χ1v) is 4.71. The number of benzene rings is 1. The molecule has 4 nitrogen and oxygen atoms in total. The zero-order valence-corrected chi connectivity index (χ0v) is 7.96. The number of aromatic amines is 1. The van der Waals surface area contributed by atoms with Crippen LogP contribution in [0, 0.1) is 0 Å². The molecule has 0 atom stereocenters. The van der Waals surface area contributed by atoms with Crippen molar-refractivity contribution in [3.8, 4) is 5.69 Å². The van der Waals surface area contributed by atoms with Crippen molar-refractivity contribution in [1.29, 1.82) is 0 Å². The van der Waals surface area contributed by atoms with Crippen LogP contribution >= 0.6 is 0 Å². The third kappa shape index (κ3) is 1.27.